The second-order valence-electron chi connectivity index (χ2n) is 15.8. The molecular formula is C55H38N2. The summed E-state index contributed by atoms with van der Waals surface area (Å²) in [6.07, 6.45) is 0. The summed E-state index contributed by atoms with van der Waals surface area (Å²) in [4.78, 5) is 10.3. The van der Waals surface area contributed by atoms with Crippen molar-refractivity contribution in [3.8, 4) is 67.3 Å². The van der Waals surface area contributed by atoms with Gasteiger partial charge < -0.3 is 0 Å². The van der Waals surface area contributed by atoms with E-state index in [-0.39, 0.29) is 5.41 Å². The Balaban J connectivity index is 0.983. The van der Waals surface area contributed by atoms with E-state index in [2.05, 4.69) is 190 Å². The standard InChI is InChI=1S/C55H38N2/c1-55(2)49-19-11-10-18-45(49)46-30-29-41(33-50(46)55)35-20-22-37(23-21-35)51-34-52(57-54(56-51)40-13-4-3-5-14-40)38-24-26-39(27-25-38)53-44-17-9-7-15-42(44)32-48-43-16-8-6-12-36(43)28-31-47(48)53/h3-34H,1-2H3. The van der Waals surface area contributed by atoms with Gasteiger partial charge in [-0.3, -0.25) is 0 Å². The first kappa shape index (κ1) is 33.2. The molecule has 0 unspecified atom stereocenters. The van der Waals surface area contributed by atoms with E-state index in [1.165, 1.54) is 76.8 Å². The van der Waals surface area contributed by atoms with Crippen molar-refractivity contribution in [1.29, 1.82) is 0 Å². The van der Waals surface area contributed by atoms with Gasteiger partial charge in [0.1, 0.15) is 0 Å². The van der Waals surface area contributed by atoms with Gasteiger partial charge in [0.15, 0.2) is 5.82 Å². The van der Waals surface area contributed by atoms with Crippen molar-refractivity contribution in [1.82, 2.24) is 9.97 Å². The number of nitrogens with zero attached hydrogens (tertiary/aromatic N) is 2. The van der Waals surface area contributed by atoms with Crippen LogP contribution in [0.2, 0.25) is 0 Å². The molecule has 2 heteroatoms. The Morgan fingerprint density at radius 2 is 0.912 bits per heavy atom. The Bertz CT molecular complexity index is 3180. The van der Waals surface area contributed by atoms with Gasteiger partial charge in [0.2, 0.25) is 0 Å². The smallest absolute Gasteiger partial charge is 0.160 e. The van der Waals surface area contributed by atoms with Gasteiger partial charge in [0.05, 0.1) is 11.4 Å². The summed E-state index contributed by atoms with van der Waals surface area (Å²) in [5, 5.41) is 7.55. The van der Waals surface area contributed by atoms with Crippen LogP contribution in [0.1, 0.15) is 25.0 Å². The third-order valence-electron chi connectivity index (χ3n) is 12.1. The highest BCUT2D eigenvalue weighted by atomic mass is 14.9. The number of aromatic nitrogens is 2. The molecule has 57 heavy (non-hydrogen) atoms. The molecule has 0 N–H and O–H groups in total. The molecule has 0 radical (unpaired) electrons. The largest absolute Gasteiger partial charge is 0.228 e. The number of benzene rings is 9. The lowest BCUT2D eigenvalue weighted by Crippen LogP contribution is -2.14. The van der Waals surface area contributed by atoms with Crippen LogP contribution in [-0.4, -0.2) is 9.97 Å². The lowest BCUT2D eigenvalue weighted by Gasteiger charge is -2.22. The molecule has 0 fully saturated rings. The summed E-state index contributed by atoms with van der Waals surface area (Å²) < 4.78 is 0. The Morgan fingerprint density at radius 3 is 1.67 bits per heavy atom. The van der Waals surface area contributed by atoms with E-state index in [9.17, 15) is 0 Å². The maximum absolute atomic E-state index is 5.15. The number of hydrogen-bond donors (Lipinski definition) is 0. The molecule has 10 aromatic rings. The van der Waals surface area contributed by atoms with Crippen molar-refractivity contribution in [2.75, 3.05) is 0 Å². The highest BCUT2D eigenvalue weighted by molar-refractivity contribution is 6.20. The molecule has 0 saturated heterocycles. The van der Waals surface area contributed by atoms with Crippen molar-refractivity contribution in [3.63, 3.8) is 0 Å². The van der Waals surface area contributed by atoms with Gasteiger partial charge in [-0.2, -0.15) is 0 Å². The van der Waals surface area contributed by atoms with Gasteiger partial charge in [-0.05, 0) is 95.0 Å². The van der Waals surface area contributed by atoms with Crippen LogP contribution in [-0.2, 0) is 5.41 Å². The minimum absolute atomic E-state index is 0.0388. The van der Waals surface area contributed by atoms with Gasteiger partial charge in [-0.15, -0.1) is 0 Å². The molecule has 9 aromatic carbocycles. The molecule has 2 nitrogen and oxygen atoms in total. The van der Waals surface area contributed by atoms with Crippen LogP contribution in [0.4, 0.5) is 0 Å². The van der Waals surface area contributed by atoms with E-state index in [0.29, 0.717) is 5.82 Å². The van der Waals surface area contributed by atoms with Gasteiger partial charge >= 0.3 is 0 Å². The fraction of sp³-hybridized carbons (Fsp3) is 0.0545. The summed E-state index contributed by atoms with van der Waals surface area (Å²) >= 11 is 0. The van der Waals surface area contributed by atoms with E-state index < -0.39 is 0 Å². The minimum atomic E-state index is -0.0388. The predicted molar refractivity (Wildman–Crippen MR) is 239 cm³/mol. The first-order valence-corrected chi connectivity index (χ1v) is 19.7. The molecule has 1 aromatic heterocycles. The number of fused-ring (bicyclic) bond motifs is 7. The lowest BCUT2D eigenvalue weighted by molar-refractivity contribution is 0.660. The van der Waals surface area contributed by atoms with E-state index >= 15 is 0 Å². The molecule has 11 rings (SSSR count). The van der Waals surface area contributed by atoms with Gasteiger partial charge in [-0.1, -0.05) is 190 Å². The zero-order valence-corrected chi connectivity index (χ0v) is 31.9. The predicted octanol–water partition coefficient (Wildman–Crippen LogP) is 14.6. The Morgan fingerprint density at radius 1 is 0.333 bits per heavy atom. The van der Waals surface area contributed by atoms with Crippen molar-refractivity contribution in [3.05, 3.63) is 205 Å². The summed E-state index contributed by atoms with van der Waals surface area (Å²) in [7, 11) is 0. The second kappa shape index (κ2) is 13.0. The van der Waals surface area contributed by atoms with Crippen LogP contribution in [0.5, 0.6) is 0 Å². The first-order chi connectivity index (χ1) is 28.0. The average molecular weight is 727 g/mol. The summed E-state index contributed by atoms with van der Waals surface area (Å²) in [5.74, 6) is 0.712. The van der Waals surface area contributed by atoms with Gasteiger partial charge in [0, 0.05) is 22.1 Å². The van der Waals surface area contributed by atoms with Gasteiger partial charge in [0.25, 0.3) is 0 Å². The lowest BCUT2D eigenvalue weighted by atomic mass is 9.81. The molecule has 0 amide bonds. The van der Waals surface area contributed by atoms with Crippen LogP contribution < -0.4 is 0 Å². The Labute approximate surface area is 332 Å². The summed E-state index contributed by atoms with van der Waals surface area (Å²) in [6, 6.07) is 70.2. The molecule has 1 heterocycles. The fourth-order valence-electron chi connectivity index (χ4n) is 9.12. The van der Waals surface area contributed by atoms with Crippen molar-refractivity contribution < 1.29 is 0 Å². The van der Waals surface area contributed by atoms with Crippen molar-refractivity contribution in [2.45, 2.75) is 19.3 Å². The van der Waals surface area contributed by atoms with Crippen LogP contribution >= 0.6 is 0 Å². The molecule has 0 spiro atoms. The SMILES string of the molecule is CC1(C)c2ccccc2-c2ccc(-c3ccc(-c4cc(-c5ccc(-c6c7ccccc7cc7c6ccc6ccccc67)cc5)nc(-c5ccccc5)n4)cc3)cc21. The minimum Gasteiger partial charge on any atom is -0.228 e. The average Bonchev–Trinajstić information content (AvgIpc) is 3.51. The first-order valence-electron chi connectivity index (χ1n) is 19.7. The maximum atomic E-state index is 5.15. The van der Waals surface area contributed by atoms with Crippen LogP contribution in [0.3, 0.4) is 0 Å². The highest BCUT2D eigenvalue weighted by Crippen LogP contribution is 2.49. The molecule has 0 atom stereocenters. The summed E-state index contributed by atoms with van der Waals surface area (Å²) in [6.45, 7) is 4.67. The molecule has 268 valence electrons. The van der Waals surface area contributed by atoms with E-state index in [4.69, 9.17) is 9.97 Å². The highest BCUT2D eigenvalue weighted by Gasteiger charge is 2.35. The fourth-order valence-corrected chi connectivity index (χ4v) is 9.12. The third-order valence-corrected chi connectivity index (χ3v) is 12.1. The molecular weight excluding hydrogens is 689 g/mol. The molecule has 0 saturated carbocycles. The Kier molecular flexibility index (Phi) is 7.55. The maximum Gasteiger partial charge on any atom is 0.160 e. The normalized spacial score (nSPS) is 12.9. The van der Waals surface area contributed by atoms with Crippen LogP contribution in [0.15, 0.2) is 194 Å². The van der Waals surface area contributed by atoms with Crippen molar-refractivity contribution >= 4 is 32.3 Å². The van der Waals surface area contributed by atoms with Gasteiger partial charge in [-0.25, -0.2) is 9.97 Å². The molecule has 1 aliphatic rings. The Hall–Kier alpha value is -7.16. The topological polar surface area (TPSA) is 25.8 Å². The van der Waals surface area contributed by atoms with Crippen molar-refractivity contribution in [2.24, 2.45) is 0 Å². The monoisotopic (exact) mass is 726 g/mol. The quantitative estimate of drug-likeness (QED) is 0.130. The third kappa shape index (κ3) is 5.48. The van der Waals surface area contributed by atoms with E-state index in [1.807, 2.05) is 18.2 Å². The van der Waals surface area contributed by atoms with Crippen LogP contribution in [0, 0.1) is 0 Å². The molecule has 0 aliphatic heterocycles. The number of hydrogen-bond acceptors (Lipinski definition) is 2. The second-order valence-corrected chi connectivity index (χ2v) is 15.8. The van der Waals surface area contributed by atoms with E-state index in [0.717, 1.165) is 28.1 Å². The molecule has 1 aliphatic carbocycles. The molecule has 0 bridgehead atoms. The zero-order valence-electron chi connectivity index (χ0n) is 31.9. The summed E-state index contributed by atoms with van der Waals surface area (Å²) in [5.41, 5.74) is 15.2. The van der Waals surface area contributed by atoms with Crippen LogP contribution in [0.25, 0.3) is 99.6 Å². The zero-order chi connectivity index (χ0) is 38.1. The number of rotatable bonds is 5. The van der Waals surface area contributed by atoms with E-state index in [1.54, 1.807) is 0 Å².